The molecule has 1 heterocycles. The molecule has 108 valence electrons. The van der Waals surface area contributed by atoms with Crippen LogP contribution in [0.4, 0.5) is 0 Å². The minimum atomic E-state index is 0. The first-order valence-corrected chi connectivity index (χ1v) is 6.87. The van der Waals surface area contributed by atoms with Gasteiger partial charge in [-0.1, -0.05) is 19.8 Å². The minimum Gasteiger partial charge on any atom is -0.378 e. The molecule has 2 atom stereocenters. The topological polar surface area (TPSA) is 64.3 Å². The van der Waals surface area contributed by atoms with Crippen molar-refractivity contribution in [3.8, 4) is 0 Å². The van der Waals surface area contributed by atoms with Crippen LogP contribution in [0.3, 0.4) is 0 Å². The second kappa shape index (κ2) is 10.6. The maximum atomic E-state index is 11.8. The number of rotatable bonds is 7. The largest absolute Gasteiger partial charge is 0.378 e. The van der Waals surface area contributed by atoms with Gasteiger partial charge in [-0.15, -0.1) is 12.4 Å². The van der Waals surface area contributed by atoms with Crippen molar-refractivity contribution in [1.82, 2.24) is 5.32 Å². The summed E-state index contributed by atoms with van der Waals surface area (Å²) in [4.78, 5) is 11.8. The van der Waals surface area contributed by atoms with E-state index >= 15 is 0 Å². The molecule has 1 saturated heterocycles. The van der Waals surface area contributed by atoms with Crippen LogP contribution in [0.15, 0.2) is 0 Å². The molecular formula is C13H27ClN2O2. The molecular weight excluding hydrogens is 252 g/mol. The summed E-state index contributed by atoms with van der Waals surface area (Å²) < 4.78 is 5.55. The lowest BCUT2D eigenvalue weighted by Gasteiger charge is -2.23. The van der Waals surface area contributed by atoms with Crippen LogP contribution < -0.4 is 11.1 Å². The molecule has 1 aliphatic heterocycles. The number of hydrogen-bond acceptors (Lipinski definition) is 3. The van der Waals surface area contributed by atoms with Gasteiger partial charge in [0, 0.05) is 19.2 Å². The summed E-state index contributed by atoms with van der Waals surface area (Å²) in [5.74, 6) is 0.0865. The maximum absolute atomic E-state index is 11.8. The predicted octanol–water partition coefficient (Wildman–Crippen LogP) is 2.00. The highest BCUT2D eigenvalue weighted by Gasteiger charge is 2.19. The van der Waals surface area contributed by atoms with Gasteiger partial charge in [0.15, 0.2) is 0 Å². The summed E-state index contributed by atoms with van der Waals surface area (Å²) in [7, 11) is 0. The molecule has 0 aromatic heterocycles. The molecule has 0 aromatic rings. The summed E-state index contributed by atoms with van der Waals surface area (Å²) in [6.45, 7) is 3.47. The summed E-state index contributed by atoms with van der Waals surface area (Å²) >= 11 is 0. The first-order chi connectivity index (χ1) is 8.26. The Morgan fingerprint density at radius 2 is 2.28 bits per heavy atom. The third kappa shape index (κ3) is 7.19. The monoisotopic (exact) mass is 278 g/mol. The Labute approximate surface area is 116 Å². The molecule has 5 heteroatoms. The van der Waals surface area contributed by atoms with Gasteiger partial charge in [-0.2, -0.15) is 0 Å². The fourth-order valence-electron chi connectivity index (χ4n) is 2.16. The molecule has 2 unspecified atom stereocenters. The molecule has 1 fully saturated rings. The van der Waals surface area contributed by atoms with E-state index in [0.29, 0.717) is 13.0 Å². The van der Waals surface area contributed by atoms with Gasteiger partial charge in [0.05, 0.1) is 12.5 Å². The molecule has 0 spiro atoms. The van der Waals surface area contributed by atoms with Crippen LogP contribution in [-0.4, -0.2) is 31.2 Å². The van der Waals surface area contributed by atoms with Gasteiger partial charge in [-0.25, -0.2) is 0 Å². The van der Waals surface area contributed by atoms with E-state index in [-0.39, 0.29) is 30.5 Å². The highest BCUT2D eigenvalue weighted by atomic mass is 35.5. The lowest BCUT2D eigenvalue weighted by atomic mass is 10.1. The normalized spacial score (nSPS) is 20.9. The second-order valence-corrected chi connectivity index (χ2v) is 4.84. The standard InChI is InChI=1S/C13H26N2O2.ClH/c1-2-3-6-11(10-14)15-13(16)9-12-7-4-5-8-17-12;/h11-12H,2-10,14H2,1H3,(H,15,16);1H. The molecule has 0 aliphatic carbocycles. The lowest BCUT2D eigenvalue weighted by molar-refractivity contribution is -0.125. The van der Waals surface area contributed by atoms with Gasteiger partial charge in [-0.3, -0.25) is 4.79 Å². The zero-order valence-electron chi connectivity index (χ0n) is 11.3. The smallest absolute Gasteiger partial charge is 0.222 e. The summed E-state index contributed by atoms with van der Waals surface area (Å²) in [6.07, 6.45) is 7.14. The Bertz CT molecular complexity index is 221. The Kier molecular flexibility index (Phi) is 10.4. The van der Waals surface area contributed by atoms with Crippen LogP contribution >= 0.6 is 12.4 Å². The van der Waals surface area contributed by atoms with Crippen molar-refractivity contribution in [1.29, 1.82) is 0 Å². The molecule has 4 nitrogen and oxygen atoms in total. The Hall–Kier alpha value is -0.320. The molecule has 0 saturated carbocycles. The van der Waals surface area contributed by atoms with Crippen molar-refractivity contribution in [2.24, 2.45) is 5.73 Å². The van der Waals surface area contributed by atoms with Crippen molar-refractivity contribution in [2.45, 2.75) is 64.0 Å². The van der Waals surface area contributed by atoms with Gasteiger partial charge >= 0.3 is 0 Å². The van der Waals surface area contributed by atoms with E-state index in [1.807, 2.05) is 0 Å². The number of hydrogen-bond donors (Lipinski definition) is 2. The Morgan fingerprint density at radius 3 is 2.83 bits per heavy atom. The Morgan fingerprint density at radius 1 is 1.50 bits per heavy atom. The predicted molar refractivity (Wildman–Crippen MR) is 76.0 cm³/mol. The minimum absolute atomic E-state index is 0. The van der Waals surface area contributed by atoms with E-state index in [1.54, 1.807) is 0 Å². The van der Waals surface area contributed by atoms with E-state index < -0.39 is 0 Å². The highest BCUT2D eigenvalue weighted by Crippen LogP contribution is 2.15. The molecule has 1 aliphatic rings. The van der Waals surface area contributed by atoms with Crippen LogP contribution in [0.2, 0.25) is 0 Å². The van der Waals surface area contributed by atoms with E-state index in [1.165, 1.54) is 6.42 Å². The van der Waals surface area contributed by atoms with Crippen molar-refractivity contribution in [3.63, 3.8) is 0 Å². The molecule has 0 radical (unpaired) electrons. The van der Waals surface area contributed by atoms with Gasteiger partial charge < -0.3 is 15.8 Å². The number of unbranched alkanes of at least 4 members (excludes halogenated alkanes) is 1. The van der Waals surface area contributed by atoms with Crippen LogP contribution in [0.25, 0.3) is 0 Å². The number of halogens is 1. The highest BCUT2D eigenvalue weighted by molar-refractivity contribution is 5.85. The number of nitrogens with one attached hydrogen (secondary N) is 1. The summed E-state index contributed by atoms with van der Waals surface area (Å²) in [5, 5.41) is 3.00. The zero-order valence-corrected chi connectivity index (χ0v) is 12.1. The number of carbonyl (C=O) groups is 1. The number of ether oxygens (including phenoxy) is 1. The molecule has 1 amide bonds. The van der Waals surface area contributed by atoms with E-state index in [2.05, 4.69) is 12.2 Å². The van der Waals surface area contributed by atoms with Crippen molar-refractivity contribution >= 4 is 18.3 Å². The van der Waals surface area contributed by atoms with Gasteiger partial charge in [0.25, 0.3) is 0 Å². The maximum Gasteiger partial charge on any atom is 0.222 e. The first kappa shape index (κ1) is 17.7. The zero-order chi connectivity index (χ0) is 12.5. The number of carbonyl (C=O) groups excluding carboxylic acids is 1. The van der Waals surface area contributed by atoms with Crippen LogP contribution in [0.1, 0.15) is 51.9 Å². The van der Waals surface area contributed by atoms with E-state index in [0.717, 1.165) is 38.7 Å². The van der Waals surface area contributed by atoms with Crippen molar-refractivity contribution < 1.29 is 9.53 Å². The number of amides is 1. The van der Waals surface area contributed by atoms with Gasteiger partial charge in [0.1, 0.15) is 0 Å². The summed E-state index contributed by atoms with van der Waals surface area (Å²) in [5.41, 5.74) is 5.65. The lowest BCUT2D eigenvalue weighted by Crippen LogP contribution is -2.41. The van der Waals surface area contributed by atoms with Crippen molar-refractivity contribution in [3.05, 3.63) is 0 Å². The second-order valence-electron chi connectivity index (χ2n) is 4.84. The molecule has 18 heavy (non-hydrogen) atoms. The van der Waals surface area contributed by atoms with Gasteiger partial charge in [-0.05, 0) is 25.7 Å². The third-order valence-corrected chi connectivity index (χ3v) is 3.24. The van der Waals surface area contributed by atoms with E-state index in [4.69, 9.17) is 10.5 Å². The average molecular weight is 279 g/mol. The molecule has 3 N–H and O–H groups in total. The van der Waals surface area contributed by atoms with Gasteiger partial charge in [0.2, 0.25) is 5.91 Å². The molecule has 1 rings (SSSR count). The van der Waals surface area contributed by atoms with Crippen molar-refractivity contribution in [2.75, 3.05) is 13.2 Å². The SMILES string of the molecule is CCCCC(CN)NC(=O)CC1CCCCO1.Cl. The quantitative estimate of drug-likeness (QED) is 0.749. The first-order valence-electron chi connectivity index (χ1n) is 6.87. The Balaban J connectivity index is 0.00000289. The average Bonchev–Trinajstić information content (AvgIpc) is 2.35. The molecule has 0 aromatic carbocycles. The third-order valence-electron chi connectivity index (χ3n) is 3.24. The van der Waals surface area contributed by atoms with Crippen LogP contribution in [0.5, 0.6) is 0 Å². The fraction of sp³-hybridized carbons (Fsp3) is 0.923. The molecule has 0 bridgehead atoms. The van der Waals surface area contributed by atoms with E-state index in [9.17, 15) is 4.79 Å². The van der Waals surface area contributed by atoms with Crippen LogP contribution in [-0.2, 0) is 9.53 Å². The fourth-order valence-corrected chi connectivity index (χ4v) is 2.16. The van der Waals surface area contributed by atoms with Crippen LogP contribution in [0, 0.1) is 0 Å². The summed E-state index contributed by atoms with van der Waals surface area (Å²) in [6, 6.07) is 0.131. The number of nitrogens with two attached hydrogens (primary N) is 1.